The molecule has 2 aromatic rings. The van der Waals surface area contributed by atoms with Crippen molar-refractivity contribution >= 4 is 17.3 Å². The number of aromatic nitrogens is 3. The standard InChI is InChI=1S/C20H32N6S/c1-14-10-15(2)12-17(11-14)23-20(21-8-7-18-6-5-9-27-18)22-13-19-25-24-16(3)26(19)4/h5-6,9,14-15,17H,7-8,10-13H2,1-4H3,(H2,21,22,23). The van der Waals surface area contributed by atoms with Crippen LogP contribution in [0.4, 0.5) is 0 Å². The van der Waals surface area contributed by atoms with Gasteiger partial charge in [0.05, 0.1) is 0 Å². The molecule has 0 aliphatic heterocycles. The Morgan fingerprint density at radius 3 is 2.67 bits per heavy atom. The molecule has 0 saturated heterocycles. The third kappa shape index (κ3) is 5.79. The number of nitrogens with one attached hydrogen (secondary N) is 2. The van der Waals surface area contributed by atoms with E-state index in [1.165, 1.54) is 24.1 Å². The van der Waals surface area contributed by atoms with Crippen LogP contribution >= 0.6 is 11.3 Å². The van der Waals surface area contributed by atoms with Crippen molar-refractivity contribution in [3.63, 3.8) is 0 Å². The summed E-state index contributed by atoms with van der Waals surface area (Å²) in [4.78, 5) is 6.20. The monoisotopic (exact) mass is 388 g/mol. The lowest BCUT2D eigenvalue weighted by Crippen LogP contribution is -2.46. The third-order valence-corrected chi connectivity index (χ3v) is 6.26. The minimum absolute atomic E-state index is 0.484. The second kappa shape index (κ2) is 9.35. The quantitative estimate of drug-likeness (QED) is 0.589. The Hall–Kier alpha value is -1.89. The van der Waals surface area contributed by atoms with E-state index in [-0.39, 0.29) is 0 Å². The van der Waals surface area contributed by atoms with E-state index in [1.807, 2.05) is 18.5 Å². The normalized spacial score (nSPS) is 23.4. The van der Waals surface area contributed by atoms with Crippen molar-refractivity contribution in [3.05, 3.63) is 34.0 Å². The zero-order valence-electron chi connectivity index (χ0n) is 16.9. The van der Waals surface area contributed by atoms with Crippen molar-refractivity contribution in [3.8, 4) is 0 Å². The van der Waals surface area contributed by atoms with Crippen LogP contribution in [0, 0.1) is 18.8 Å². The average molecular weight is 389 g/mol. The van der Waals surface area contributed by atoms with Gasteiger partial charge in [-0.2, -0.15) is 0 Å². The predicted octanol–water partition coefficient (Wildman–Crippen LogP) is 3.29. The minimum Gasteiger partial charge on any atom is -0.356 e. The molecule has 2 aromatic heterocycles. The lowest BCUT2D eigenvalue weighted by Gasteiger charge is -2.33. The smallest absolute Gasteiger partial charge is 0.191 e. The van der Waals surface area contributed by atoms with E-state index >= 15 is 0 Å². The van der Waals surface area contributed by atoms with Gasteiger partial charge in [0.15, 0.2) is 11.8 Å². The Morgan fingerprint density at radius 1 is 1.26 bits per heavy atom. The van der Waals surface area contributed by atoms with E-state index in [0.717, 1.165) is 42.4 Å². The third-order valence-electron chi connectivity index (χ3n) is 5.32. The van der Waals surface area contributed by atoms with Gasteiger partial charge in [-0.05, 0) is 55.9 Å². The number of hydrogen-bond acceptors (Lipinski definition) is 4. The molecular formula is C20H32N6S. The van der Waals surface area contributed by atoms with Gasteiger partial charge in [0.25, 0.3) is 0 Å². The topological polar surface area (TPSA) is 67.1 Å². The summed E-state index contributed by atoms with van der Waals surface area (Å²) in [5.74, 6) is 4.21. The van der Waals surface area contributed by atoms with Crippen molar-refractivity contribution in [1.29, 1.82) is 0 Å². The highest BCUT2D eigenvalue weighted by Crippen LogP contribution is 2.28. The van der Waals surface area contributed by atoms with Crippen molar-refractivity contribution in [2.75, 3.05) is 6.54 Å². The Bertz CT molecular complexity index is 726. The number of guanidine groups is 1. The first kappa shape index (κ1) is 19.9. The minimum atomic E-state index is 0.484. The highest BCUT2D eigenvalue weighted by molar-refractivity contribution is 7.09. The highest BCUT2D eigenvalue weighted by atomic mass is 32.1. The maximum absolute atomic E-state index is 4.81. The molecule has 2 N–H and O–H groups in total. The van der Waals surface area contributed by atoms with Crippen LogP contribution in [0.1, 0.15) is 49.6 Å². The number of nitrogens with zero attached hydrogens (tertiary/aromatic N) is 4. The number of rotatable bonds is 6. The lowest BCUT2D eigenvalue weighted by molar-refractivity contribution is 0.255. The largest absolute Gasteiger partial charge is 0.356 e. The summed E-state index contributed by atoms with van der Waals surface area (Å²) in [6.07, 6.45) is 4.76. The average Bonchev–Trinajstić information content (AvgIpc) is 3.23. The first-order valence-corrected chi connectivity index (χ1v) is 10.8. The van der Waals surface area contributed by atoms with Crippen molar-refractivity contribution in [1.82, 2.24) is 25.4 Å². The molecule has 2 atom stereocenters. The Kier molecular flexibility index (Phi) is 6.88. The number of hydrogen-bond donors (Lipinski definition) is 2. The molecule has 0 aromatic carbocycles. The lowest BCUT2D eigenvalue weighted by atomic mass is 9.80. The number of aliphatic imine (C=N–C) groups is 1. The summed E-state index contributed by atoms with van der Waals surface area (Å²) in [6.45, 7) is 8.08. The van der Waals surface area contributed by atoms with Gasteiger partial charge in [0.2, 0.25) is 0 Å². The Morgan fingerprint density at radius 2 is 2.04 bits per heavy atom. The number of thiophene rings is 1. The SMILES string of the molecule is Cc1nnc(CN=C(NCCc2cccs2)NC2CC(C)CC(C)C2)n1C. The van der Waals surface area contributed by atoms with E-state index in [0.29, 0.717) is 12.6 Å². The van der Waals surface area contributed by atoms with Gasteiger partial charge in [0, 0.05) is 24.5 Å². The van der Waals surface area contributed by atoms with Gasteiger partial charge in [0.1, 0.15) is 12.4 Å². The summed E-state index contributed by atoms with van der Waals surface area (Å²) in [6, 6.07) is 4.77. The van der Waals surface area contributed by atoms with Crippen LogP contribution in [0.25, 0.3) is 0 Å². The van der Waals surface area contributed by atoms with Gasteiger partial charge in [-0.25, -0.2) is 4.99 Å². The van der Waals surface area contributed by atoms with Crippen LogP contribution in [0.15, 0.2) is 22.5 Å². The predicted molar refractivity (Wildman–Crippen MR) is 112 cm³/mol. The molecule has 0 amide bonds. The first-order chi connectivity index (χ1) is 13.0. The van der Waals surface area contributed by atoms with Gasteiger partial charge < -0.3 is 15.2 Å². The molecule has 2 unspecified atom stereocenters. The molecule has 0 spiro atoms. The second-order valence-corrected chi connectivity index (χ2v) is 8.93. The molecule has 6 nitrogen and oxygen atoms in total. The fraction of sp³-hybridized carbons (Fsp3) is 0.650. The van der Waals surface area contributed by atoms with Gasteiger partial charge in [-0.15, -0.1) is 21.5 Å². The molecular weight excluding hydrogens is 356 g/mol. The second-order valence-electron chi connectivity index (χ2n) is 7.90. The van der Waals surface area contributed by atoms with Crippen LogP contribution in [-0.4, -0.2) is 33.3 Å². The Balaban J connectivity index is 1.63. The zero-order chi connectivity index (χ0) is 19.2. The molecule has 3 rings (SSSR count). The molecule has 7 heteroatoms. The van der Waals surface area contributed by atoms with E-state index in [2.05, 4.69) is 52.2 Å². The maximum Gasteiger partial charge on any atom is 0.191 e. The van der Waals surface area contributed by atoms with E-state index < -0.39 is 0 Å². The molecule has 0 bridgehead atoms. The van der Waals surface area contributed by atoms with Crippen LogP contribution < -0.4 is 10.6 Å². The molecule has 148 valence electrons. The van der Waals surface area contributed by atoms with Crippen LogP contribution in [-0.2, 0) is 20.0 Å². The van der Waals surface area contributed by atoms with Gasteiger partial charge >= 0.3 is 0 Å². The van der Waals surface area contributed by atoms with Crippen molar-refractivity contribution < 1.29 is 0 Å². The van der Waals surface area contributed by atoms with E-state index in [4.69, 9.17) is 4.99 Å². The fourth-order valence-electron chi connectivity index (χ4n) is 3.91. The van der Waals surface area contributed by atoms with Crippen molar-refractivity contribution in [2.45, 2.75) is 59.0 Å². The molecule has 1 aliphatic rings. The summed E-state index contributed by atoms with van der Waals surface area (Å²) >= 11 is 1.80. The molecule has 1 saturated carbocycles. The molecule has 1 aliphatic carbocycles. The molecule has 27 heavy (non-hydrogen) atoms. The van der Waals surface area contributed by atoms with Crippen LogP contribution in [0.2, 0.25) is 0 Å². The van der Waals surface area contributed by atoms with E-state index in [9.17, 15) is 0 Å². The zero-order valence-corrected chi connectivity index (χ0v) is 17.7. The first-order valence-electron chi connectivity index (χ1n) is 9.93. The molecule has 2 heterocycles. The number of aryl methyl sites for hydroxylation is 1. The highest BCUT2D eigenvalue weighted by Gasteiger charge is 2.24. The maximum atomic E-state index is 4.81. The van der Waals surface area contributed by atoms with Crippen molar-refractivity contribution in [2.24, 2.45) is 23.9 Å². The van der Waals surface area contributed by atoms with Gasteiger partial charge in [-0.3, -0.25) is 0 Å². The fourth-order valence-corrected chi connectivity index (χ4v) is 4.62. The van der Waals surface area contributed by atoms with E-state index in [1.54, 1.807) is 11.3 Å². The molecule has 1 fully saturated rings. The molecule has 0 radical (unpaired) electrons. The van der Waals surface area contributed by atoms with Gasteiger partial charge in [-0.1, -0.05) is 19.9 Å². The summed E-state index contributed by atoms with van der Waals surface area (Å²) in [5.41, 5.74) is 0. The Labute approximate surface area is 166 Å². The summed E-state index contributed by atoms with van der Waals surface area (Å²) in [5, 5.41) is 17.7. The summed E-state index contributed by atoms with van der Waals surface area (Å²) in [7, 11) is 1.99. The summed E-state index contributed by atoms with van der Waals surface area (Å²) < 4.78 is 2.00. The van der Waals surface area contributed by atoms with Crippen LogP contribution in [0.3, 0.4) is 0 Å². The van der Waals surface area contributed by atoms with Crippen LogP contribution in [0.5, 0.6) is 0 Å².